The number of rotatable bonds is 0. The molecule has 2 fully saturated rings. The Hall–Kier alpha value is 0.860. The molecule has 0 spiro atoms. The molecule has 2 rings (SSSR count). The molecule has 2 heteroatoms. The van der Waals surface area contributed by atoms with Crippen LogP contribution in [0, 0.1) is 0 Å². The van der Waals surface area contributed by atoms with Crippen LogP contribution in [0.3, 0.4) is 0 Å². The molecule has 2 aliphatic heterocycles. The quantitative estimate of drug-likeness (QED) is 0.546. The van der Waals surface area contributed by atoms with Crippen molar-refractivity contribution in [1.29, 1.82) is 0 Å². The molecule has 2 heterocycles. The van der Waals surface area contributed by atoms with Gasteiger partial charge in [-0.3, -0.25) is 0 Å². The second-order valence-corrected chi connectivity index (χ2v) is 15.6. The van der Waals surface area contributed by atoms with E-state index in [1.54, 1.807) is 31.6 Å². The maximum absolute atomic E-state index is 2.60. The molecule has 2 unspecified atom stereocenters. The molecule has 0 aromatic heterocycles. The molecule has 0 aliphatic carbocycles. The number of hydrogen-bond acceptors (Lipinski definition) is 0. The van der Waals surface area contributed by atoms with Crippen LogP contribution in [0.1, 0.15) is 19.3 Å². The van der Waals surface area contributed by atoms with Crippen LogP contribution in [-0.2, 0) is 0 Å². The topological polar surface area (TPSA) is 0 Å². The Morgan fingerprint density at radius 3 is 1.54 bits per heavy atom. The van der Waals surface area contributed by atoms with Crippen LogP contribution in [0.5, 0.6) is 0 Å². The van der Waals surface area contributed by atoms with Crippen molar-refractivity contribution in [2.75, 3.05) is 39.0 Å². The van der Waals surface area contributed by atoms with Gasteiger partial charge in [-0.05, 0) is 0 Å². The third-order valence-corrected chi connectivity index (χ3v) is 12.3. The predicted octanol–water partition coefficient (Wildman–Crippen LogP) is 3.48. The lowest BCUT2D eigenvalue weighted by atomic mass is 10.1. The van der Waals surface area contributed by atoms with E-state index in [1.165, 1.54) is 11.3 Å². The molecule has 76 valence electrons. The summed E-state index contributed by atoms with van der Waals surface area (Å²) in [5, 5.41) is 0. The van der Waals surface area contributed by atoms with Gasteiger partial charge in [0.15, 0.2) is 0 Å². The molecule has 2 atom stereocenters. The van der Waals surface area contributed by atoms with Crippen molar-refractivity contribution in [2.24, 2.45) is 0 Å². The van der Waals surface area contributed by atoms with Crippen LogP contribution in [0.2, 0.25) is 0 Å². The van der Waals surface area contributed by atoms with Gasteiger partial charge in [0.05, 0.1) is 23.6 Å². The zero-order valence-electron chi connectivity index (χ0n) is 9.58. The van der Waals surface area contributed by atoms with Gasteiger partial charge in [0.1, 0.15) is 0 Å². The molecule has 13 heavy (non-hydrogen) atoms. The summed E-state index contributed by atoms with van der Waals surface area (Å²) in [6.07, 6.45) is 7.98. The lowest BCUT2D eigenvalue weighted by Gasteiger charge is -2.44. The Morgan fingerprint density at radius 2 is 1.15 bits per heavy atom. The predicted molar refractivity (Wildman–Crippen MR) is 68.7 cm³/mol. The summed E-state index contributed by atoms with van der Waals surface area (Å²) in [4.78, 5) is 0. The van der Waals surface area contributed by atoms with E-state index in [4.69, 9.17) is 0 Å². The van der Waals surface area contributed by atoms with Gasteiger partial charge >= 0.3 is 0 Å². The molecular weight excluding hydrogens is 194 g/mol. The van der Waals surface area contributed by atoms with Crippen molar-refractivity contribution in [2.45, 2.75) is 30.6 Å². The highest BCUT2D eigenvalue weighted by Crippen LogP contribution is 2.73. The first-order chi connectivity index (χ1) is 5.92. The highest BCUT2D eigenvalue weighted by molar-refractivity contribution is 7.77. The van der Waals surface area contributed by atoms with E-state index in [0.717, 1.165) is 0 Å². The Kier molecular flexibility index (Phi) is 2.54. The summed E-state index contributed by atoms with van der Waals surface area (Å²) in [6, 6.07) is 0. The van der Waals surface area contributed by atoms with Gasteiger partial charge in [0.2, 0.25) is 0 Å². The van der Waals surface area contributed by atoms with Gasteiger partial charge in [0.25, 0.3) is 0 Å². The first kappa shape index (κ1) is 10.4. The second-order valence-electron chi connectivity index (χ2n) is 6.13. The third kappa shape index (κ3) is 1.82. The van der Waals surface area contributed by atoms with Crippen LogP contribution in [0.4, 0.5) is 0 Å². The Labute approximate surface area is 84.5 Å². The lowest BCUT2D eigenvalue weighted by Crippen LogP contribution is -2.36. The maximum Gasteiger partial charge on any atom is 0.0764 e. The Morgan fingerprint density at radius 1 is 0.769 bits per heavy atom. The Bertz CT molecular complexity index is 186. The highest BCUT2D eigenvalue weighted by atomic mass is 31.2. The molecule has 0 aromatic rings. The fraction of sp³-hybridized carbons (Fsp3) is 1.00. The number of hydrogen-bond donors (Lipinski definition) is 0. The summed E-state index contributed by atoms with van der Waals surface area (Å²) in [6.45, 7) is 10.4. The van der Waals surface area contributed by atoms with Crippen molar-refractivity contribution in [1.82, 2.24) is 0 Å². The van der Waals surface area contributed by atoms with E-state index < -0.39 is 14.5 Å². The lowest BCUT2D eigenvalue weighted by molar-refractivity contribution is 0.608. The molecule has 0 aromatic carbocycles. The first-order valence-electron chi connectivity index (χ1n) is 5.57. The fourth-order valence-electron chi connectivity index (χ4n) is 3.15. The van der Waals surface area contributed by atoms with Crippen LogP contribution in [0.25, 0.3) is 0 Å². The van der Waals surface area contributed by atoms with E-state index in [-0.39, 0.29) is 0 Å². The molecule has 0 N–H and O–H groups in total. The molecule has 0 radical (unpaired) electrons. The van der Waals surface area contributed by atoms with Crippen molar-refractivity contribution >= 4 is 14.5 Å². The average Bonchev–Trinajstić information content (AvgIpc) is 2.01. The van der Waals surface area contributed by atoms with Crippen LogP contribution in [-0.4, -0.2) is 50.3 Å². The maximum atomic E-state index is 2.60. The van der Waals surface area contributed by atoms with Crippen LogP contribution in [0.15, 0.2) is 0 Å². The molecule has 2 aliphatic rings. The van der Waals surface area contributed by atoms with Crippen molar-refractivity contribution < 1.29 is 0 Å². The standard InChI is InChI=1S/C11H24P2/c1-12(2)7-5-11-9-10(12)6-8-13(11,3)4/h10-11H,5-9H2,1-4H3/q+2. The number of fused-ring (bicyclic) bond motifs is 2. The molecule has 0 saturated carbocycles. The zero-order valence-corrected chi connectivity index (χ0v) is 11.4. The van der Waals surface area contributed by atoms with E-state index in [2.05, 4.69) is 26.7 Å². The van der Waals surface area contributed by atoms with Gasteiger partial charge in [-0.1, -0.05) is 0 Å². The fourth-order valence-corrected chi connectivity index (χ4v) is 9.71. The zero-order chi connectivity index (χ0) is 9.69. The summed E-state index contributed by atoms with van der Waals surface area (Å²) in [5.74, 6) is 0. The van der Waals surface area contributed by atoms with E-state index in [1.807, 2.05) is 0 Å². The van der Waals surface area contributed by atoms with Gasteiger partial charge in [-0.15, -0.1) is 0 Å². The van der Waals surface area contributed by atoms with Crippen molar-refractivity contribution in [3.05, 3.63) is 0 Å². The highest BCUT2D eigenvalue weighted by Gasteiger charge is 2.53. The van der Waals surface area contributed by atoms with Crippen molar-refractivity contribution in [3.8, 4) is 0 Å². The van der Waals surface area contributed by atoms with Crippen LogP contribution < -0.4 is 0 Å². The smallest absolute Gasteiger partial charge is 0.0117 e. The van der Waals surface area contributed by atoms with Crippen molar-refractivity contribution in [3.63, 3.8) is 0 Å². The summed E-state index contributed by atoms with van der Waals surface area (Å²) in [5.41, 5.74) is 2.33. The third-order valence-electron chi connectivity index (χ3n) is 4.60. The van der Waals surface area contributed by atoms with Gasteiger partial charge in [-0.2, -0.15) is 0 Å². The SMILES string of the molecule is C[P+]1(C)CCC2CC1CC[P+]2(C)C. The second kappa shape index (κ2) is 3.18. The van der Waals surface area contributed by atoms with E-state index in [0.29, 0.717) is 0 Å². The molecule has 0 nitrogen and oxygen atoms in total. The summed E-state index contributed by atoms with van der Waals surface area (Å²) < 4.78 is 0. The monoisotopic (exact) mass is 218 g/mol. The molecule has 2 saturated heterocycles. The van der Waals surface area contributed by atoms with Gasteiger partial charge < -0.3 is 0 Å². The summed E-state index contributed by atoms with van der Waals surface area (Å²) in [7, 11) is -0.943. The minimum absolute atomic E-state index is 0.471. The molecule has 2 bridgehead atoms. The minimum Gasteiger partial charge on any atom is 0.0117 e. The minimum atomic E-state index is -0.471. The Balaban J connectivity index is 2.14. The van der Waals surface area contributed by atoms with E-state index in [9.17, 15) is 0 Å². The summed E-state index contributed by atoms with van der Waals surface area (Å²) >= 11 is 0. The average molecular weight is 218 g/mol. The molecule has 0 amide bonds. The van der Waals surface area contributed by atoms with E-state index >= 15 is 0 Å². The van der Waals surface area contributed by atoms with Crippen LogP contribution >= 0.6 is 14.5 Å². The largest absolute Gasteiger partial charge is 0.0764 e. The first-order valence-corrected chi connectivity index (χ1v) is 11.4. The van der Waals surface area contributed by atoms with Gasteiger partial charge in [-0.25, -0.2) is 0 Å². The normalized spacial score (nSPS) is 41.5. The van der Waals surface area contributed by atoms with Gasteiger partial charge in [0, 0.05) is 60.4 Å². The molecular formula is C11H24P2+2.